The van der Waals surface area contributed by atoms with Gasteiger partial charge in [-0.25, -0.2) is 4.68 Å². The van der Waals surface area contributed by atoms with Gasteiger partial charge in [-0.3, -0.25) is 4.79 Å². The molecule has 1 N–H and O–H groups in total. The van der Waals surface area contributed by atoms with Gasteiger partial charge in [-0.05, 0) is 38.1 Å². The van der Waals surface area contributed by atoms with E-state index in [0.717, 1.165) is 17.0 Å². The first kappa shape index (κ1) is 16.8. The van der Waals surface area contributed by atoms with Gasteiger partial charge in [0.2, 0.25) is 5.88 Å². The minimum Gasteiger partial charge on any atom is -0.469 e. The van der Waals surface area contributed by atoms with Crippen LogP contribution in [0.1, 0.15) is 18.2 Å². The average Bonchev–Trinajstić information content (AvgIpc) is 3.26. The second kappa shape index (κ2) is 7.70. The van der Waals surface area contributed by atoms with Crippen molar-refractivity contribution in [1.82, 2.24) is 15.1 Å². The summed E-state index contributed by atoms with van der Waals surface area (Å²) in [7, 11) is 0. The monoisotopic (exact) mass is 339 g/mol. The summed E-state index contributed by atoms with van der Waals surface area (Å²) >= 11 is 0. The van der Waals surface area contributed by atoms with E-state index in [2.05, 4.69) is 10.4 Å². The first-order chi connectivity index (χ1) is 12.1. The van der Waals surface area contributed by atoms with Gasteiger partial charge >= 0.3 is 0 Å². The Balaban J connectivity index is 1.56. The molecule has 25 heavy (non-hydrogen) atoms. The Labute approximate surface area is 146 Å². The molecule has 0 aliphatic heterocycles. The number of hydrogen-bond donors (Lipinski definition) is 1. The summed E-state index contributed by atoms with van der Waals surface area (Å²) in [6.45, 7) is 4.12. The number of nitrogens with zero attached hydrogens (tertiary/aromatic N) is 2. The van der Waals surface area contributed by atoms with Crippen molar-refractivity contribution in [2.45, 2.75) is 26.4 Å². The SMILES string of the molecule is Cc1cn(-c2ccccc2)nc1O[C@@H](C)C(=O)NCCc1ccco1. The third-order valence-corrected chi connectivity index (χ3v) is 3.78. The van der Waals surface area contributed by atoms with Crippen LogP contribution in [0.15, 0.2) is 59.3 Å². The first-order valence-electron chi connectivity index (χ1n) is 8.22. The van der Waals surface area contributed by atoms with Crippen molar-refractivity contribution in [1.29, 1.82) is 0 Å². The van der Waals surface area contributed by atoms with Crippen LogP contribution in [0.2, 0.25) is 0 Å². The number of hydrogen-bond acceptors (Lipinski definition) is 4. The van der Waals surface area contributed by atoms with Gasteiger partial charge in [0.15, 0.2) is 6.10 Å². The molecular weight excluding hydrogens is 318 g/mol. The lowest BCUT2D eigenvalue weighted by atomic mass is 10.3. The molecule has 0 fully saturated rings. The summed E-state index contributed by atoms with van der Waals surface area (Å²) in [5, 5.41) is 7.26. The molecule has 3 aromatic rings. The molecule has 2 aromatic heterocycles. The lowest BCUT2D eigenvalue weighted by molar-refractivity contribution is -0.127. The second-order valence-electron chi connectivity index (χ2n) is 5.78. The molecule has 0 aliphatic rings. The number of furan rings is 1. The summed E-state index contributed by atoms with van der Waals surface area (Å²) in [5.74, 6) is 1.11. The smallest absolute Gasteiger partial charge is 0.260 e. The highest BCUT2D eigenvalue weighted by atomic mass is 16.5. The Morgan fingerprint density at radius 2 is 2.08 bits per heavy atom. The molecule has 0 saturated heterocycles. The molecule has 0 saturated carbocycles. The van der Waals surface area contributed by atoms with Crippen LogP contribution in [0.4, 0.5) is 0 Å². The maximum Gasteiger partial charge on any atom is 0.260 e. The van der Waals surface area contributed by atoms with Gasteiger partial charge in [0.25, 0.3) is 5.91 Å². The molecule has 3 rings (SSSR count). The molecule has 130 valence electrons. The van der Waals surface area contributed by atoms with Crippen molar-refractivity contribution >= 4 is 5.91 Å². The predicted octanol–water partition coefficient (Wildman–Crippen LogP) is 2.90. The Morgan fingerprint density at radius 3 is 2.80 bits per heavy atom. The number of carbonyl (C=O) groups is 1. The highest BCUT2D eigenvalue weighted by Crippen LogP contribution is 2.19. The van der Waals surface area contributed by atoms with E-state index >= 15 is 0 Å². The molecule has 1 amide bonds. The molecule has 0 spiro atoms. The number of aromatic nitrogens is 2. The number of carbonyl (C=O) groups excluding carboxylic acids is 1. The van der Waals surface area contributed by atoms with Crippen LogP contribution in [0, 0.1) is 6.92 Å². The van der Waals surface area contributed by atoms with Crippen LogP contribution in [0.25, 0.3) is 5.69 Å². The number of benzene rings is 1. The number of para-hydroxylation sites is 1. The van der Waals surface area contributed by atoms with Crippen LogP contribution in [0.3, 0.4) is 0 Å². The lowest BCUT2D eigenvalue weighted by Crippen LogP contribution is -2.37. The third kappa shape index (κ3) is 4.29. The van der Waals surface area contributed by atoms with Gasteiger partial charge in [0, 0.05) is 24.7 Å². The van der Waals surface area contributed by atoms with E-state index in [0.29, 0.717) is 18.8 Å². The van der Waals surface area contributed by atoms with E-state index < -0.39 is 6.10 Å². The maximum absolute atomic E-state index is 12.2. The van der Waals surface area contributed by atoms with Crippen molar-refractivity contribution in [2.24, 2.45) is 0 Å². The normalized spacial score (nSPS) is 11.9. The third-order valence-electron chi connectivity index (χ3n) is 3.78. The topological polar surface area (TPSA) is 69.3 Å². The van der Waals surface area contributed by atoms with Gasteiger partial charge in [0.1, 0.15) is 5.76 Å². The number of aryl methyl sites for hydroxylation is 1. The molecule has 0 unspecified atom stereocenters. The van der Waals surface area contributed by atoms with Crippen LogP contribution in [0.5, 0.6) is 5.88 Å². The Hall–Kier alpha value is -3.02. The van der Waals surface area contributed by atoms with E-state index in [-0.39, 0.29) is 5.91 Å². The highest BCUT2D eigenvalue weighted by molar-refractivity contribution is 5.80. The van der Waals surface area contributed by atoms with Gasteiger partial charge in [-0.2, -0.15) is 0 Å². The van der Waals surface area contributed by atoms with E-state index in [1.165, 1.54) is 0 Å². The van der Waals surface area contributed by atoms with E-state index in [1.54, 1.807) is 17.9 Å². The quantitative estimate of drug-likeness (QED) is 0.718. The zero-order valence-electron chi connectivity index (χ0n) is 14.3. The van der Waals surface area contributed by atoms with Gasteiger partial charge in [-0.1, -0.05) is 18.2 Å². The Kier molecular flexibility index (Phi) is 5.18. The molecule has 2 heterocycles. The molecule has 6 heteroatoms. The predicted molar refractivity (Wildman–Crippen MR) is 93.8 cm³/mol. The van der Waals surface area contributed by atoms with Crippen molar-refractivity contribution in [3.8, 4) is 11.6 Å². The molecule has 1 atom stereocenters. The Bertz CT molecular complexity index is 810. The zero-order chi connectivity index (χ0) is 17.6. The molecule has 6 nitrogen and oxygen atoms in total. The maximum atomic E-state index is 12.2. The average molecular weight is 339 g/mol. The van der Waals surface area contributed by atoms with Gasteiger partial charge in [0.05, 0.1) is 12.0 Å². The highest BCUT2D eigenvalue weighted by Gasteiger charge is 2.17. The molecule has 0 aliphatic carbocycles. The van der Waals surface area contributed by atoms with Crippen molar-refractivity contribution < 1.29 is 13.9 Å². The van der Waals surface area contributed by atoms with Crippen LogP contribution >= 0.6 is 0 Å². The minimum absolute atomic E-state index is 0.180. The molecule has 0 bridgehead atoms. The lowest BCUT2D eigenvalue weighted by Gasteiger charge is -2.13. The molecule has 1 aromatic carbocycles. The fourth-order valence-corrected chi connectivity index (χ4v) is 2.40. The van der Waals surface area contributed by atoms with Crippen molar-refractivity contribution in [2.75, 3.05) is 6.54 Å². The first-order valence-corrected chi connectivity index (χ1v) is 8.22. The van der Waals surface area contributed by atoms with Crippen molar-refractivity contribution in [3.05, 3.63) is 66.2 Å². The number of amides is 1. The van der Waals surface area contributed by atoms with Gasteiger partial charge in [-0.15, -0.1) is 5.10 Å². The summed E-state index contributed by atoms with van der Waals surface area (Å²) in [6, 6.07) is 13.5. The minimum atomic E-state index is -0.630. The Morgan fingerprint density at radius 1 is 1.28 bits per heavy atom. The summed E-state index contributed by atoms with van der Waals surface area (Å²) in [4.78, 5) is 12.2. The second-order valence-corrected chi connectivity index (χ2v) is 5.78. The van der Waals surface area contributed by atoms with Crippen molar-refractivity contribution in [3.63, 3.8) is 0 Å². The molecular formula is C19H21N3O3. The zero-order valence-corrected chi connectivity index (χ0v) is 14.3. The van der Waals surface area contributed by atoms with E-state index in [1.807, 2.05) is 55.6 Å². The summed E-state index contributed by atoms with van der Waals surface area (Å²) < 4.78 is 12.7. The van der Waals surface area contributed by atoms with E-state index in [4.69, 9.17) is 9.15 Å². The fourth-order valence-electron chi connectivity index (χ4n) is 2.40. The number of nitrogens with one attached hydrogen (secondary N) is 1. The standard InChI is InChI=1S/C19H21N3O3/c1-14-13-22(16-7-4-3-5-8-16)21-19(14)25-15(2)18(23)20-11-10-17-9-6-12-24-17/h3-9,12-13,15H,10-11H2,1-2H3,(H,20,23)/t15-/m0/s1. The molecule has 0 radical (unpaired) electrons. The van der Waals surface area contributed by atoms with Crippen LogP contribution in [-0.2, 0) is 11.2 Å². The largest absolute Gasteiger partial charge is 0.469 e. The number of ether oxygens (including phenoxy) is 1. The fraction of sp³-hybridized carbons (Fsp3) is 0.263. The number of rotatable bonds is 7. The van der Waals surface area contributed by atoms with Crippen LogP contribution < -0.4 is 10.1 Å². The van der Waals surface area contributed by atoms with Gasteiger partial charge < -0.3 is 14.5 Å². The van der Waals surface area contributed by atoms with E-state index in [9.17, 15) is 4.79 Å². The summed E-state index contributed by atoms with van der Waals surface area (Å²) in [6.07, 6.45) is 3.52. The summed E-state index contributed by atoms with van der Waals surface area (Å²) in [5.41, 5.74) is 1.81. The van der Waals surface area contributed by atoms with Crippen LogP contribution in [-0.4, -0.2) is 28.3 Å².